The van der Waals surface area contributed by atoms with E-state index in [4.69, 9.17) is 4.74 Å². The summed E-state index contributed by atoms with van der Waals surface area (Å²) in [6.07, 6.45) is 8.68. The van der Waals surface area contributed by atoms with E-state index in [2.05, 4.69) is 19.9 Å². The predicted molar refractivity (Wildman–Crippen MR) is 96.4 cm³/mol. The van der Waals surface area contributed by atoms with Crippen LogP contribution in [0.5, 0.6) is 5.88 Å². The SMILES string of the molecule is OCc1cncc(-c2cc(OCc3ncccc3F)nc3c2CCCC3)n1. The van der Waals surface area contributed by atoms with Crippen molar-refractivity contribution in [3.8, 4) is 17.1 Å². The van der Waals surface area contributed by atoms with Gasteiger partial charge in [-0.2, -0.15) is 0 Å². The normalized spacial score (nSPS) is 13.3. The van der Waals surface area contributed by atoms with Crippen LogP contribution < -0.4 is 4.74 Å². The maximum Gasteiger partial charge on any atom is 0.214 e. The van der Waals surface area contributed by atoms with E-state index in [0.717, 1.165) is 42.5 Å². The van der Waals surface area contributed by atoms with Crippen LogP contribution in [0.4, 0.5) is 4.39 Å². The topological polar surface area (TPSA) is 81.0 Å². The summed E-state index contributed by atoms with van der Waals surface area (Å²) < 4.78 is 19.5. The second-order valence-corrected chi connectivity index (χ2v) is 6.41. The van der Waals surface area contributed by atoms with Crippen molar-refractivity contribution in [1.82, 2.24) is 19.9 Å². The molecule has 0 unspecified atom stereocenters. The van der Waals surface area contributed by atoms with Gasteiger partial charge in [0.05, 0.1) is 30.4 Å². The molecule has 27 heavy (non-hydrogen) atoms. The quantitative estimate of drug-likeness (QED) is 0.748. The van der Waals surface area contributed by atoms with Crippen molar-refractivity contribution in [3.63, 3.8) is 0 Å². The molecule has 1 aliphatic rings. The highest BCUT2D eigenvalue weighted by atomic mass is 19.1. The average molecular weight is 366 g/mol. The highest BCUT2D eigenvalue weighted by molar-refractivity contribution is 5.65. The monoisotopic (exact) mass is 366 g/mol. The number of fused-ring (bicyclic) bond motifs is 1. The number of pyridine rings is 2. The molecule has 0 atom stereocenters. The standard InChI is InChI=1S/C20H19FN4O2/c21-16-5-3-7-23-19(16)12-27-20-8-15(14-4-1-2-6-17(14)25-20)18-10-22-9-13(11-26)24-18/h3,5,7-10,26H,1-2,4,6,11-12H2. The first kappa shape index (κ1) is 17.5. The molecule has 138 valence electrons. The summed E-state index contributed by atoms with van der Waals surface area (Å²) in [5, 5.41) is 9.36. The first-order valence-corrected chi connectivity index (χ1v) is 8.91. The van der Waals surface area contributed by atoms with Gasteiger partial charge in [-0.3, -0.25) is 9.97 Å². The van der Waals surface area contributed by atoms with Crippen LogP contribution in [-0.2, 0) is 26.1 Å². The Balaban J connectivity index is 1.70. The van der Waals surface area contributed by atoms with Gasteiger partial charge in [-0.1, -0.05) is 0 Å². The summed E-state index contributed by atoms with van der Waals surface area (Å²) in [5.41, 5.74) is 4.44. The van der Waals surface area contributed by atoms with Gasteiger partial charge in [0, 0.05) is 23.5 Å². The van der Waals surface area contributed by atoms with Crippen LogP contribution in [0.2, 0.25) is 0 Å². The maximum absolute atomic E-state index is 13.8. The Bertz CT molecular complexity index is 964. The third-order valence-corrected chi connectivity index (χ3v) is 4.59. The lowest BCUT2D eigenvalue weighted by atomic mass is 9.91. The molecular formula is C20H19FN4O2. The van der Waals surface area contributed by atoms with E-state index in [1.807, 2.05) is 6.07 Å². The van der Waals surface area contributed by atoms with E-state index in [-0.39, 0.29) is 18.9 Å². The van der Waals surface area contributed by atoms with Crippen molar-refractivity contribution in [2.24, 2.45) is 0 Å². The first-order chi connectivity index (χ1) is 13.2. The highest BCUT2D eigenvalue weighted by Gasteiger charge is 2.19. The van der Waals surface area contributed by atoms with Crippen molar-refractivity contribution < 1.29 is 14.2 Å². The number of hydrogen-bond acceptors (Lipinski definition) is 6. The summed E-state index contributed by atoms with van der Waals surface area (Å²) in [6.45, 7) is -0.170. The van der Waals surface area contributed by atoms with Crippen molar-refractivity contribution in [3.05, 3.63) is 65.3 Å². The van der Waals surface area contributed by atoms with Crippen LogP contribution >= 0.6 is 0 Å². The third kappa shape index (κ3) is 3.78. The summed E-state index contributed by atoms with van der Waals surface area (Å²) in [7, 11) is 0. The van der Waals surface area contributed by atoms with Crippen LogP contribution in [-0.4, -0.2) is 25.0 Å². The summed E-state index contributed by atoms with van der Waals surface area (Å²) >= 11 is 0. The molecule has 0 bridgehead atoms. The number of ether oxygens (including phenoxy) is 1. The van der Waals surface area contributed by atoms with Gasteiger partial charge in [0.15, 0.2) is 0 Å². The van der Waals surface area contributed by atoms with E-state index in [0.29, 0.717) is 17.3 Å². The van der Waals surface area contributed by atoms with Crippen molar-refractivity contribution in [2.75, 3.05) is 0 Å². The number of aliphatic hydroxyl groups excluding tert-OH is 1. The van der Waals surface area contributed by atoms with Gasteiger partial charge in [-0.25, -0.2) is 14.4 Å². The van der Waals surface area contributed by atoms with Gasteiger partial charge in [0.1, 0.15) is 18.1 Å². The Morgan fingerprint density at radius 3 is 2.89 bits per heavy atom. The van der Waals surface area contributed by atoms with Crippen LogP contribution in [0.25, 0.3) is 11.3 Å². The van der Waals surface area contributed by atoms with E-state index in [1.165, 1.54) is 12.3 Å². The van der Waals surface area contributed by atoms with E-state index >= 15 is 0 Å². The molecule has 3 aromatic heterocycles. The summed E-state index contributed by atoms with van der Waals surface area (Å²) in [6, 6.07) is 4.71. The smallest absolute Gasteiger partial charge is 0.214 e. The second-order valence-electron chi connectivity index (χ2n) is 6.41. The van der Waals surface area contributed by atoms with Crippen molar-refractivity contribution >= 4 is 0 Å². The van der Waals surface area contributed by atoms with Crippen LogP contribution in [0.1, 0.15) is 35.5 Å². The molecule has 0 aliphatic heterocycles. The van der Waals surface area contributed by atoms with Crippen LogP contribution in [0.3, 0.4) is 0 Å². The number of rotatable bonds is 5. The van der Waals surface area contributed by atoms with E-state index in [1.54, 1.807) is 18.5 Å². The fourth-order valence-electron chi connectivity index (χ4n) is 3.26. The van der Waals surface area contributed by atoms with Crippen LogP contribution in [0, 0.1) is 5.82 Å². The Kier molecular flexibility index (Phi) is 5.02. The molecule has 3 aromatic rings. The minimum absolute atomic E-state index is 0.000256. The fraction of sp³-hybridized carbons (Fsp3) is 0.300. The first-order valence-electron chi connectivity index (χ1n) is 8.91. The highest BCUT2D eigenvalue weighted by Crippen LogP contribution is 2.32. The van der Waals surface area contributed by atoms with Gasteiger partial charge in [-0.15, -0.1) is 0 Å². The number of aryl methyl sites for hydroxylation is 1. The average Bonchev–Trinajstić information content (AvgIpc) is 2.72. The van der Waals surface area contributed by atoms with Gasteiger partial charge >= 0.3 is 0 Å². The molecule has 0 saturated heterocycles. The molecule has 7 heteroatoms. The molecule has 4 rings (SSSR count). The second kappa shape index (κ2) is 7.75. The molecule has 0 saturated carbocycles. The molecule has 0 aromatic carbocycles. The number of hydrogen-bond donors (Lipinski definition) is 1. The number of aliphatic hydroxyl groups is 1. The summed E-state index contributed by atoms with van der Waals surface area (Å²) in [4.78, 5) is 17.3. The molecule has 1 N–H and O–H groups in total. The molecule has 0 spiro atoms. The largest absolute Gasteiger partial charge is 0.471 e. The zero-order chi connectivity index (χ0) is 18.6. The Hall–Kier alpha value is -2.93. The molecule has 0 amide bonds. The Morgan fingerprint density at radius 2 is 2.04 bits per heavy atom. The molecular weight excluding hydrogens is 347 g/mol. The molecule has 0 fully saturated rings. The van der Waals surface area contributed by atoms with Gasteiger partial charge in [-0.05, 0) is 43.4 Å². The molecule has 0 radical (unpaired) electrons. The van der Waals surface area contributed by atoms with Crippen LogP contribution in [0.15, 0.2) is 36.8 Å². The predicted octanol–water partition coefficient (Wildman–Crippen LogP) is 3.02. The van der Waals surface area contributed by atoms with Crippen molar-refractivity contribution in [1.29, 1.82) is 0 Å². The summed E-state index contributed by atoms with van der Waals surface area (Å²) in [5.74, 6) is 0.00380. The number of halogens is 1. The third-order valence-electron chi connectivity index (χ3n) is 4.59. The minimum atomic E-state index is -0.405. The molecule has 3 heterocycles. The van der Waals surface area contributed by atoms with Crippen molar-refractivity contribution in [2.45, 2.75) is 38.9 Å². The maximum atomic E-state index is 13.8. The molecule has 1 aliphatic carbocycles. The Morgan fingerprint density at radius 1 is 1.15 bits per heavy atom. The van der Waals surface area contributed by atoms with E-state index < -0.39 is 5.82 Å². The van der Waals surface area contributed by atoms with Gasteiger partial charge in [0.25, 0.3) is 0 Å². The van der Waals surface area contributed by atoms with Gasteiger partial charge in [0.2, 0.25) is 5.88 Å². The minimum Gasteiger partial charge on any atom is -0.471 e. The van der Waals surface area contributed by atoms with E-state index in [9.17, 15) is 9.50 Å². The number of nitrogens with zero attached hydrogens (tertiary/aromatic N) is 4. The lowest BCUT2D eigenvalue weighted by molar-refractivity contribution is 0.276. The number of aromatic nitrogens is 4. The van der Waals surface area contributed by atoms with Gasteiger partial charge < -0.3 is 9.84 Å². The Labute approximate surface area is 156 Å². The lowest BCUT2D eigenvalue weighted by Crippen LogP contribution is -2.10. The lowest BCUT2D eigenvalue weighted by Gasteiger charge is -2.20. The molecule has 6 nitrogen and oxygen atoms in total. The zero-order valence-corrected chi connectivity index (χ0v) is 14.7. The fourth-order valence-corrected chi connectivity index (χ4v) is 3.26. The zero-order valence-electron chi connectivity index (χ0n) is 14.7.